The van der Waals surface area contributed by atoms with Crippen LogP contribution in [-0.2, 0) is 13.0 Å². The quantitative estimate of drug-likeness (QED) is 0.709. The van der Waals surface area contributed by atoms with E-state index in [1.165, 1.54) is 5.56 Å². The SMILES string of the molecule is O=C(NCCc1ccccc1)NCc1noc(-c2ccc(Cl)cc2)n1. The molecule has 0 aliphatic heterocycles. The standard InChI is InChI=1S/C18H17ClN4O2/c19-15-8-6-14(7-9-15)17-22-16(23-25-17)12-21-18(24)20-11-10-13-4-2-1-3-5-13/h1-9H,10-12H2,(H2,20,21,24). The van der Waals surface area contributed by atoms with E-state index in [1.807, 2.05) is 30.3 Å². The number of carbonyl (C=O) groups is 1. The summed E-state index contributed by atoms with van der Waals surface area (Å²) in [5, 5.41) is 9.99. The van der Waals surface area contributed by atoms with E-state index in [2.05, 4.69) is 20.8 Å². The van der Waals surface area contributed by atoms with Crippen LogP contribution in [0.25, 0.3) is 11.5 Å². The number of hydrogen-bond donors (Lipinski definition) is 2. The molecule has 0 atom stereocenters. The molecule has 0 saturated heterocycles. The van der Waals surface area contributed by atoms with Crippen molar-refractivity contribution in [2.45, 2.75) is 13.0 Å². The minimum Gasteiger partial charge on any atom is -0.338 e. The monoisotopic (exact) mass is 356 g/mol. The summed E-state index contributed by atoms with van der Waals surface area (Å²) in [4.78, 5) is 16.0. The van der Waals surface area contributed by atoms with Crippen molar-refractivity contribution in [2.24, 2.45) is 0 Å². The number of nitrogens with zero attached hydrogens (tertiary/aromatic N) is 2. The van der Waals surface area contributed by atoms with Crippen molar-refractivity contribution in [2.75, 3.05) is 6.54 Å². The number of rotatable bonds is 6. The first-order valence-corrected chi connectivity index (χ1v) is 8.22. The number of aromatic nitrogens is 2. The highest BCUT2D eigenvalue weighted by Gasteiger charge is 2.09. The zero-order valence-electron chi connectivity index (χ0n) is 13.4. The van der Waals surface area contributed by atoms with Crippen molar-refractivity contribution in [3.05, 3.63) is 71.0 Å². The summed E-state index contributed by atoms with van der Waals surface area (Å²) in [5.74, 6) is 0.793. The maximum Gasteiger partial charge on any atom is 0.315 e. The Morgan fingerprint density at radius 2 is 1.80 bits per heavy atom. The molecular formula is C18H17ClN4O2. The van der Waals surface area contributed by atoms with Gasteiger partial charge in [0.25, 0.3) is 5.89 Å². The van der Waals surface area contributed by atoms with E-state index in [9.17, 15) is 4.79 Å². The highest BCUT2D eigenvalue weighted by atomic mass is 35.5. The van der Waals surface area contributed by atoms with Crippen molar-refractivity contribution >= 4 is 17.6 Å². The molecule has 2 N–H and O–H groups in total. The lowest BCUT2D eigenvalue weighted by Gasteiger charge is -2.05. The molecule has 0 fully saturated rings. The third-order valence-corrected chi connectivity index (χ3v) is 3.76. The Kier molecular flexibility index (Phi) is 5.64. The average molecular weight is 357 g/mol. The molecule has 128 valence electrons. The van der Waals surface area contributed by atoms with E-state index in [0.717, 1.165) is 12.0 Å². The van der Waals surface area contributed by atoms with E-state index in [1.54, 1.807) is 24.3 Å². The van der Waals surface area contributed by atoms with E-state index in [-0.39, 0.29) is 12.6 Å². The fourth-order valence-corrected chi connectivity index (χ4v) is 2.35. The summed E-state index contributed by atoms with van der Waals surface area (Å²) in [7, 11) is 0. The number of benzene rings is 2. The van der Waals surface area contributed by atoms with Gasteiger partial charge in [-0.2, -0.15) is 4.98 Å². The number of halogens is 1. The van der Waals surface area contributed by atoms with Crippen molar-refractivity contribution in [3.8, 4) is 11.5 Å². The summed E-state index contributed by atoms with van der Waals surface area (Å²) in [5.41, 5.74) is 1.95. The maximum atomic E-state index is 11.8. The summed E-state index contributed by atoms with van der Waals surface area (Å²) in [6.07, 6.45) is 0.775. The molecule has 6 nitrogen and oxygen atoms in total. The first-order valence-electron chi connectivity index (χ1n) is 7.85. The first kappa shape index (κ1) is 17.0. The van der Waals surface area contributed by atoms with Crippen molar-refractivity contribution < 1.29 is 9.32 Å². The molecule has 3 rings (SSSR count). The molecule has 0 unspecified atom stereocenters. The van der Waals surface area contributed by atoms with E-state index < -0.39 is 0 Å². The van der Waals surface area contributed by atoms with Crippen LogP contribution in [-0.4, -0.2) is 22.7 Å². The molecule has 0 aliphatic carbocycles. The van der Waals surface area contributed by atoms with Gasteiger partial charge in [-0.3, -0.25) is 0 Å². The van der Waals surface area contributed by atoms with Gasteiger partial charge in [-0.1, -0.05) is 47.1 Å². The normalized spacial score (nSPS) is 10.4. The molecule has 2 amide bonds. The van der Waals surface area contributed by atoms with Crippen molar-refractivity contribution in [3.63, 3.8) is 0 Å². The van der Waals surface area contributed by atoms with Gasteiger partial charge in [-0.25, -0.2) is 4.79 Å². The molecule has 0 bridgehead atoms. The van der Waals surface area contributed by atoms with Crippen LogP contribution in [0.4, 0.5) is 4.79 Å². The average Bonchev–Trinajstić information content (AvgIpc) is 3.10. The van der Waals surface area contributed by atoms with Crippen LogP contribution >= 0.6 is 11.6 Å². The van der Waals surface area contributed by atoms with Crippen LogP contribution < -0.4 is 10.6 Å². The van der Waals surface area contributed by atoms with Gasteiger partial charge in [0.05, 0.1) is 6.54 Å². The third kappa shape index (κ3) is 5.06. The third-order valence-electron chi connectivity index (χ3n) is 3.51. The lowest BCUT2D eigenvalue weighted by molar-refractivity contribution is 0.240. The van der Waals surface area contributed by atoms with Gasteiger partial charge < -0.3 is 15.2 Å². The molecule has 3 aromatic rings. The molecular weight excluding hydrogens is 340 g/mol. The Hall–Kier alpha value is -2.86. The van der Waals surface area contributed by atoms with Crippen LogP contribution in [0.1, 0.15) is 11.4 Å². The fourth-order valence-electron chi connectivity index (χ4n) is 2.22. The van der Waals surface area contributed by atoms with Crippen LogP contribution in [0.2, 0.25) is 5.02 Å². The van der Waals surface area contributed by atoms with Crippen LogP contribution in [0.3, 0.4) is 0 Å². The lowest BCUT2D eigenvalue weighted by atomic mass is 10.1. The molecule has 0 spiro atoms. The van der Waals surface area contributed by atoms with E-state index in [0.29, 0.717) is 23.3 Å². The number of hydrogen-bond acceptors (Lipinski definition) is 4. The maximum absolute atomic E-state index is 11.8. The number of amides is 2. The topological polar surface area (TPSA) is 80.0 Å². The van der Waals surface area contributed by atoms with Gasteiger partial charge in [0.2, 0.25) is 0 Å². The predicted octanol–water partition coefficient (Wildman–Crippen LogP) is 3.43. The Morgan fingerprint density at radius 3 is 2.56 bits per heavy atom. The molecule has 0 radical (unpaired) electrons. The number of carbonyl (C=O) groups excluding carboxylic acids is 1. The van der Waals surface area contributed by atoms with Crippen LogP contribution in [0, 0.1) is 0 Å². The minimum absolute atomic E-state index is 0.189. The summed E-state index contributed by atoms with van der Waals surface area (Å²) >= 11 is 5.85. The zero-order chi connectivity index (χ0) is 17.5. The van der Waals surface area contributed by atoms with Gasteiger partial charge in [0.15, 0.2) is 5.82 Å². The first-order chi connectivity index (χ1) is 12.2. The predicted molar refractivity (Wildman–Crippen MR) is 95.1 cm³/mol. The second kappa shape index (κ2) is 8.30. The van der Waals surface area contributed by atoms with Gasteiger partial charge >= 0.3 is 6.03 Å². The molecule has 1 heterocycles. The molecule has 1 aromatic heterocycles. The van der Waals surface area contributed by atoms with Crippen molar-refractivity contribution in [1.29, 1.82) is 0 Å². The highest BCUT2D eigenvalue weighted by molar-refractivity contribution is 6.30. The van der Waals surface area contributed by atoms with Crippen LogP contribution in [0.5, 0.6) is 0 Å². The molecule has 2 aromatic carbocycles. The molecule has 0 saturated carbocycles. The van der Waals surface area contributed by atoms with Gasteiger partial charge in [0, 0.05) is 17.1 Å². The Balaban J connectivity index is 1.44. The Morgan fingerprint density at radius 1 is 1.04 bits per heavy atom. The van der Waals surface area contributed by atoms with E-state index in [4.69, 9.17) is 16.1 Å². The van der Waals surface area contributed by atoms with Gasteiger partial charge in [0.1, 0.15) is 0 Å². The second-order valence-corrected chi connectivity index (χ2v) is 5.80. The zero-order valence-corrected chi connectivity index (χ0v) is 14.2. The summed E-state index contributed by atoms with van der Waals surface area (Å²) in [6, 6.07) is 16.8. The molecule has 7 heteroatoms. The lowest BCUT2D eigenvalue weighted by Crippen LogP contribution is -2.36. The fraction of sp³-hybridized carbons (Fsp3) is 0.167. The van der Waals surface area contributed by atoms with E-state index >= 15 is 0 Å². The second-order valence-electron chi connectivity index (χ2n) is 5.37. The smallest absolute Gasteiger partial charge is 0.315 e. The van der Waals surface area contributed by atoms with Gasteiger partial charge in [-0.15, -0.1) is 0 Å². The summed E-state index contributed by atoms with van der Waals surface area (Å²) in [6.45, 7) is 0.742. The Bertz CT molecular complexity index is 819. The van der Waals surface area contributed by atoms with Crippen molar-refractivity contribution in [1.82, 2.24) is 20.8 Å². The molecule has 0 aliphatic rings. The Labute approximate surface area is 150 Å². The summed E-state index contributed by atoms with van der Waals surface area (Å²) < 4.78 is 5.19. The van der Waals surface area contributed by atoms with Crippen LogP contribution in [0.15, 0.2) is 59.1 Å². The number of urea groups is 1. The van der Waals surface area contributed by atoms with Gasteiger partial charge in [-0.05, 0) is 36.2 Å². The number of nitrogens with one attached hydrogen (secondary N) is 2. The minimum atomic E-state index is -0.270. The molecule has 25 heavy (non-hydrogen) atoms. The largest absolute Gasteiger partial charge is 0.338 e. The highest BCUT2D eigenvalue weighted by Crippen LogP contribution is 2.19.